The van der Waals surface area contributed by atoms with Gasteiger partial charge >= 0.3 is 0 Å². The van der Waals surface area contributed by atoms with Gasteiger partial charge in [0.2, 0.25) is 0 Å². The lowest BCUT2D eigenvalue weighted by molar-refractivity contribution is 0.0940. The standard InChI is InChI=1S/C18H18N4O2/c23-18(16-7-8-19-17-6-2-1-5-15(16)17)21-13-10-20-22(11-13)12-14-4-3-9-24-14/h1-2,5-8,10-11,14H,3-4,9,12H2,(H,21,23). The molecular formula is C18H18N4O2. The van der Waals surface area contributed by atoms with Crippen molar-refractivity contribution in [3.05, 3.63) is 54.5 Å². The second-order valence-electron chi connectivity index (χ2n) is 5.92. The van der Waals surface area contributed by atoms with Crippen LogP contribution in [0.5, 0.6) is 0 Å². The van der Waals surface area contributed by atoms with E-state index in [4.69, 9.17) is 4.74 Å². The fourth-order valence-electron chi connectivity index (χ4n) is 3.02. The van der Waals surface area contributed by atoms with Gasteiger partial charge in [-0.3, -0.25) is 14.5 Å². The van der Waals surface area contributed by atoms with Crippen LogP contribution in [-0.4, -0.2) is 33.4 Å². The molecule has 1 atom stereocenters. The lowest BCUT2D eigenvalue weighted by atomic mass is 10.1. The number of rotatable bonds is 4. The first kappa shape index (κ1) is 14.8. The molecule has 24 heavy (non-hydrogen) atoms. The number of carbonyl (C=O) groups is 1. The number of fused-ring (bicyclic) bond motifs is 1. The zero-order valence-corrected chi connectivity index (χ0v) is 13.2. The van der Waals surface area contributed by atoms with Gasteiger partial charge in [-0.05, 0) is 25.0 Å². The number of amides is 1. The van der Waals surface area contributed by atoms with Crippen LogP contribution in [0.1, 0.15) is 23.2 Å². The van der Waals surface area contributed by atoms with Crippen molar-refractivity contribution in [2.75, 3.05) is 11.9 Å². The van der Waals surface area contributed by atoms with E-state index in [-0.39, 0.29) is 12.0 Å². The number of anilines is 1. The van der Waals surface area contributed by atoms with Crippen LogP contribution in [-0.2, 0) is 11.3 Å². The van der Waals surface area contributed by atoms with Crippen LogP contribution in [0.25, 0.3) is 10.9 Å². The van der Waals surface area contributed by atoms with Gasteiger partial charge in [0.1, 0.15) is 0 Å². The van der Waals surface area contributed by atoms with E-state index in [1.165, 1.54) is 0 Å². The van der Waals surface area contributed by atoms with Crippen LogP contribution in [0, 0.1) is 0 Å². The van der Waals surface area contributed by atoms with Gasteiger partial charge in [-0.15, -0.1) is 0 Å². The van der Waals surface area contributed by atoms with Crippen molar-refractivity contribution >= 4 is 22.5 Å². The predicted molar refractivity (Wildman–Crippen MR) is 90.9 cm³/mol. The minimum atomic E-state index is -0.162. The summed E-state index contributed by atoms with van der Waals surface area (Å²) in [6, 6.07) is 9.34. The molecule has 0 spiro atoms. The van der Waals surface area contributed by atoms with Crippen LogP contribution in [0.2, 0.25) is 0 Å². The van der Waals surface area contributed by atoms with Gasteiger partial charge in [-0.1, -0.05) is 18.2 Å². The van der Waals surface area contributed by atoms with Crippen molar-refractivity contribution < 1.29 is 9.53 Å². The van der Waals surface area contributed by atoms with Crippen LogP contribution in [0.15, 0.2) is 48.9 Å². The smallest absolute Gasteiger partial charge is 0.256 e. The van der Waals surface area contributed by atoms with E-state index >= 15 is 0 Å². The third-order valence-corrected chi connectivity index (χ3v) is 4.20. The number of nitrogens with zero attached hydrogens (tertiary/aromatic N) is 3. The highest BCUT2D eigenvalue weighted by atomic mass is 16.5. The van der Waals surface area contributed by atoms with E-state index in [2.05, 4.69) is 15.4 Å². The summed E-state index contributed by atoms with van der Waals surface area (Å²) in [7, 11) is 0. The van der Waals surface area contributed by atoms with Crippen molar-refractivity contribution in [1.82, 2.24) is 14.8 Å². The molecule has 1 aliphatic heterocycles. The average molecular weight is 322 g/mol. The van der Waals surface area contributed by atoms with Gasteiger partial charge in [0.25, 0.3) is 5.91 Å². The van der Waals surface area contributed by atoms with Crippen molar-refractivity contribution in [1.29, 1.82) is 0 Å². The highest BCUT2D eigenvalue weighted by molar-refractivity contribution is 6.12. The van der Waals surface area contributed by atoms with Gasteiger partial charge < -0.3 is 10.1 Å². The Morgan fingerprint density at radius 1 is 1.33 bits per heavy atom. The summed E-state index contributed by atoms with van der Waals surface area (Å²) in [4.78, 5) is 16.9. The molecule has 4 rings (SSSR count). The first-order chi connectivity index (χ1) is 11.8. The molecule has 122 valence electrons. The Hall–Kier alpha value is -2.73. The predicted octanol–water partition coefficient (Wildman–Crippen LogP) is 2.86. The first-order valence-electron chi connectivity index (χ1n) is 8.09. The summed E-state index contributed by atoms with van der Waals surface area (Å²) in [6.07, 6.45) is 7.53. The van der Waals surface area contributed by atoms with Crippen molar-refractivity contribution in [3.63, 3.8) is 0 Å². The molecule has 3 aromatic rings. The molecular weight excluding hydrogens is 304 g/mol. The molecule has 1 amide bonds. The topological polar surface area (TPSA) is 69.0 Å². The zero-order chi connectivity index (χ0) is 16.4. The van der Waals surface area contributed by atoms with E-state index in [0.29, 0.717) is 17.8 Å². The highest BCUT2D eigenvalue weighted by Gasteiger charge is 2.17. The Morgan fingerprint density at radius 3 is 3.12 bits per heavy atom. The van der Waals surface area contributed by atoms with Crippen LogP contribution < -0.4 is 5.32 Å². The van der Waals surface area contributed by atoms with Gasteiger partial charge in [-0.25, -0.2) is 0 Å². The number of ether oxygens (including phenoxy) is 1. The molecule has 0 saturated carbocycles. The summed E-state index contributed by atoms with van der Waals surface area (Å²) in [6.45, 7) is 1.54. The molecule has 0 bridgehead atoms. The van der Waals surface area contributed by atoms with Crippen molar-refractivity contribution in [2.24, 2.45) is 0 Å². The Kier molecular flexibility index (Phi) is 3.96. The Labute approximate surface area is 139 Å². The molecule has 3 heterocycles. The fraction of sp³-hybridized carbons (Fsp3) is 0.278. The minimum absolute atomic E-state index is 0.162. The van der Waals surface area contributed by atoms with Gasteiger partial charge in [0.05, 0.1) is 35.6 Å². The number of hydrogen-bond acceptors (Lipinski definition) is 4. The van der Waals surface area contributed by atoms with Gasteiger partial charge in [0, 0.05) is 24.4 Å². The number of nitrogens with one attached hydrogen (secondary N) is 1. The highest BCUT2D eigenvalue weighted by Crippen LogP contribution is 2.18. The lowest BCUT2D eigenvalue weighted by Crippen LogP contribution is -2.15. The average Bonchev–Trinajstić information content (AvgIpc) is 3.27. The quantitative estimate of drug-likeness (QED) is 0.802. The first-order valence-corrected chi connectivity index (χ1v) is 8.09. The summed E-state index contributed by atoms with van der Waals surface area (Å²) < 4.78 is 7.43. The second-order valence-corrected chi connectivity index (χ2v) is 5.92. The summed E-state index contributed by atoms with van der Waals surface area (Å²) in [5.74, 6) is -0.162. The molecule has 1 fully saturated rings. The molecule has 1 unspecified atom stereocenters. The van der Waals surface area contributed by atoms with E-state index < -0.39 is 0 Å². The number of para-hydroxylation sites is 1. The monoisotopic (exact) mass is 322 g/mol. The summed E-state index contributed by atoms with van der Waals surface area (Å²) >= 11 is 0. The number of benzene rings is 1. The summed E-state index contributed by atoms with van der Waals surface area (Å²) in [5, 5.41) is 8.04. The van der Waals surface area contributed by atoms with Crippen LogP contribution in [0.4, 0.5) is 5.69 Å². The lowest BCUT2D eigenvalue weighted by Gasteiger charge is -2.08. The Balaban J connectivity index is 1.50. The van der Waals surface area contributed by atoms with Crippen LogP contribution >= 0.6 is 0 Å². The minimum Gasteiger partial charge on any atom is -0.376 e. The molecule has 1 N–H and O–H groups in total. The zero-order valence-electron chi connectivity index (χ0n) is 13.2. The number of carbonyl (C=O) groups excluding carboxylic acids is 1. The molecule has 2 aromatic heterocycles. The molecule has 6 heteroatoms. The Morgan fingerprint density at radius 2 is 2.25 bits per heavy atom. The number of aromatic nitrogens is 3. The third kappa shape index (κ3) is 3.00. The molecule has 1 aromatic carbocycles. The maximum atomic E-state index is 12.6. The largest absolute Gasteiger partial charge is 0.376 e. The SMILES string of the molecule is O=C(Nc1cnn(CC2CCCO2)c1)c1ccnc2ccccc12. The van der Waals surface area contributed by atoms with Crippen molar-refractivity contribution in [2.45, 2.75) is 25.5 Å². The van der Waals surface area contributed by atoms with E-state index in [1.807, 2.05) is 35.1 Å². The Bertz CT molecular complexity index is 863. The van der Waals surface area contributed by atoms with Crippen molar-refractivity contribution in [3.8, 4) is 0 Å². The van der Waals surface area contributed by atoms with Crippen LogP contribution in [0.3, 0.4) is 0 Å². The molecule has 1 aliphatic rings. The molecule has 0 aliphatic carbocycles. The molecule has 6 nitrogen and oxygen atoms in total. The third-order valence-electron chi connectivity index (χ3n) is 4.20. The number of hydrogen-bond donors (Lipinski definition) is 1. The number of pyridine rings is 1. The maximum absolute atomic E-state index is 12.6. The fourth-order valence-corrected chi connectivity index (χ4v) is 3.02. The van der Waals surface area contributed by atoms with E-state index in [1.54, 1.807) is 18.5 Å². The molecule has 1 saturated heterocycles. The summed E-state index contributed by atoms with van der Waals surface area (Å²) in [5.41, 5.74) is 2.09. The van der Waals surface area contributed by atoms with E-state index in [0.717, 1.165) is 30.4 Å². The second kappa shape index (κ2) is 6.41. The van der Waals surface area contributed by atoms with Gasteiger partial charge in [0.15, 0.2) is 0 Å². The van der Waals surface area contributed by atoms with Gasteiger partial charge in [-0.2, -0.15) is 5.10 Å². The normalized spacial score (nSPS) is 17.2. The maximum Gasteiger partial charge on any atom is 0.256 e. The molecule has 0 radical (unpaired) electrons. The van der Waals surface area contributed by atoms with E-state index in [9.17, 15) is 4.79 Å².